The molecule has 54 valence electrons. The predicted octanol–water partition coefficient (Wildman–Crippen LogP) is 2.23. The Labute approximate surface area is 62.7 Å². The van der Waals surface area contributed by atoms with Crippen molar-refractivity contribution in [3.05, 3.63) is 24.4 Å². The molecule has 0 spiro atoms. The number of benzene rings is 1. The number of aromatic amines is 1. The van der Waals surface area contributed by atoms with Crippen LogP contribution in [0.25, 0.3) is 10.9 Å². The fourth-order valence-electron chi connectivity index (χ4n) is 1.05. The minimum atomic E-state index is 0.625. The van der Waals surface area contributed by atoms with Crippen LogP contribution in [0.5, 0.6) is 0 Å². The third-order valence-electron chi connectivity index (χ3n) is 1.58. The van der Waals surface area contributed by atoms with Gasteiger partial charge in [0.05, 0.1) is 11.7 Å². The Kier molecular flexibility index (Phi) is 1.18. The SMILES string of the molecule is N=Nc1cccc2cn[nH]c12. The van der Waals surface area contributed by atoms with Crippen molar-refractivity contribution in [2.24, 2.45) is 5.11 Å². The molecule has 1 aromatic carbocycles. The number of aromatic nitrogens is 2. The van der Waals surface area contributed by atoms with Gasteiger partial charge in [-0.1, -0.05) is 12.1 Å². The number of nitrogens with zero attached hydrogens (tertiary/aromatic N) is 2. The van der Waals surface area contributed by atoms with Crippen molar-refractivity contribution in [2.75, 3.05) is 0 Å². The molecule has 0 fully saturated rings. The van der Waals surface area contributed by atoms with Gasteiger partial charge in [0.15, 0.2) is 0 Å². The Morgan fingerprint density at radius 1 is 1.45 bits per heavy atom. The first-order chi connectivity index (χ1) is 5.42. The van der Waals surface area contributed by atoms with E-state index in [0.717, 1.165) is 10.9 Å². The zero-order chi connectivity index (χ0) is 7.68. The Balaban J connectivity index is 2.88. The standard InChI is InChI=1S/C7H6N4/c8-10-6-3-1-2-5-4-9-11-7(5)6/h1-4,8H,(H,9,11). The van der Waals surface area contributed by atoms with Gasteiger partial charge in [0.1, 0.15) is 5.69 Å². The third-order valence-corrected chi connectivity index (χ3v) is 1.58. The number of rotatable bonds is 1. The monoisotopic (exact) mass is 146 g/mol. The van der Waals surface area contributed by atoms with Gasteiger partial charge in [-0.25, -0.2) is 5.53 Å². The quantitative estimate of drug-likeness (QED) is 0.595. The maximum Gasteiger partial charge on any atom is 0.111 e. The first-order valence-electron chi connectivity index (χ1n) is 3.21. The summed E-state index contributed by atoms with van der Waals surface area (Å²) in [5.74, 6) is 0. The summed E-state index contributed by atoms with van der Waals surface area (Å²) in [6.45, 7) is 0. The molecular formula is C7H6N4. The van der Waals surface area contributed by atoms with E-state index < -0.39 is 0 Å². The van der Waals surface area contributed by atoms with Gasteiger partial charge < -0.3 is 0 Å². The largest absolute Gasteiger partial charge is 0.276 e. The van der Waals surface area contributed by atoms with Gasteiger partial charge in [0.25, 0.3) is 0 Å². The first-order valence-corrected chi connectivity index (χ1v) is 3.21. The van der Waals surface area contributed by atoms with Crippen LogP contribution < -0.4 is 0 Å². The molecular weight excluding hydrogens is 140 g/mol. The van der Waals surface area contributed by atoms with Gasteiger partial charge in [-0.2, -0.15) is 10.2 Å². The smallest absolute Gasteiger partial charge is 0.111 e. The molecule has 0 radical (unpaired) electrons. The molecule has 2 N–H and O–H groups in total. The van der Waals surface area contributed by atoms with E-state index in [4.69, 9.17) is 5.53 Å². The van der Waals surface area contributed by atoms with Gasteiger partial charge >= 0.3 is 0 Å². The molecule has 0 amide bonds. The Morgan fingerprint density at radius 2 is 2.36 bits per heavy atom. The maximum atomic E-state index is 6.84. The molecule has 4 heteroatoms. The average molecular weight is 146 g/mol. The van der Waals surface area contributed by atoms with E-state index in [9.17, 15) is 0 Å². The highest BCUT2D eigenvalue weighted by atomic mass is 15.1. The summed E-state index contributed by atoms with van der Waals surface area (Å²) < 4.78 is 0. The van der Waals surface area contributed by atoms with E-state index in [1.807, 2.05) is 12.1 Å². The third kappa shape index (κ3) is 0.797. The molecule has 2 rings (SSSR count). The average Bonchev–Trinajstić information content (AvgIpc) is 2.50. The van der Waals surface area contributed by atoms with Crippen LogP contribution in [0.4, 0.5) is 5.69 Å². The van der Waals surface area contributed by atoms with E-state index in [-0.39, 0.29) is 0 Å². The number of hydrogen-bond donors (Lipinski definition) is 2. The van der Waals surface area contributed by atoms with Crippen LogP contribution in [-0.4, -0.2) is 10.2 Å². The summed E-state index contributed by atoms with van der Waals surface area (Å²) >= 11 is 0. The summed E-state index contributed by atoms with van der Waals surface area (Å²) in [4.78, 5) is 0. The lowest BCUT2D eigenvalue weighted by Crippen LogP contribution is -1.68. The lowest BCUT2D eigenvalue weighted by molar-refractivity contribution is 1.10. The van der Waals surface area contributed by atoms with E-state index in [1.54, 1.807) is 12.3 Å². The van der Waals surface area contributed by atoms with Crippen LogP contribution in [0, 0.1) is 5.53 Å². The van der Waals surface area contributed by atoms with Gasteiger partial charge in [0, 0.05) is 5.39 Å². The highest BCUT2D eigenvalue weighted by Crippen LogP contribution is 2.22. The van der Waals surface area contributed by atoms with E-state index in [0.29, 0.717) is 5.69 Å². The molecule has 0 aliphatic carbocycles. The van der Waals surface area contributed by atoms with Gasteiger partial charge in [-0.05, 0) is 6.07 Å². The molecule has 1 heterocycles. The summed E-state index contributed by atoms with van der Waals surface area (Å²) in [5.41, 5.74) is 8.29. The van der Waals surface area contributed by atoms with Crippen LogP contribution >= 0.6 is 0 Å². The summed E-state index contributed by atoms with van der Waals surface area (Å²) in [6.07, 6.45) is 1.71. The van der Waals surface area contributed by atoms with Crippen molar-refractivity contribution in [2.45, 2.75) is 0 Å². The zero-order valence-electron chi connectivity index (χ0n) is 5.70. The topological polar surface area (TPSA) is 64.9 Å². The Morgan fingerprint density at radius 3 is 3.18 bits per heavy atom. The van der Waals surface area contributed by atoms with Crippen LogP contribution in [0.2, 0.25) is 0 Å². The van der Waals surface area contributed by atoms with Crippen LogP contribution in [0.3, 0.4) is 0 Å². The molecule has 0 saturated carbocycles. The van der Waals surface area contributed by atoms with Crippen molar-refractivity contribution in [1.29, 1.82) is 5.53 Å². The first kappa shape index (κ1) is 6.03. The molecule has 2 aromatic rings. The molecule has 1 aromatic heterocycles. The van der Waals surface area contributed by atoms with E-state index >= 15 is 0 Å². The highest BCUT2D eigenvalue weighted by Gasteiger charge is 1.98. The minimum absolute atomic E-state index is 0.625. The molecule has 0 aliphatic rings. The number of nitrogens with one attached hydrogen (secondary N) is 2. The van der Waals surface area contributed by atoms with Crippen LogP contribution in [0.15, 0.2) is 29.5 Å². The minimum Gasteiger partial charge on any atom is -0.276 e. The number of para-hydroxylation sites is 1. The predicted molar refractivity (Wildman–Crippen MR) is 40.9 cm³/mol. The molecule has 0 atom stereocenters. The Bertz CT molecular complexity index is 390. The van der Waals surface area contributed by atoms with Crippen LogP contribution in [0.1, 0.15) is 0 Å². The molecule has 0 bridgehead atoms. The van der Waals surface area contributed by atoms with Crippen molar-refractivity contribution in [3.8, 4) is 0 Å². The van der Waals surface area contributed by atoms with Crippen molar-refractivity contribution >= 4 is 16.6 Å². The van der Waals surface area contributed by atoms with Crippen molar-refractivity contribution in [1.82, 2.24) is 10.2 Å². The fraction of sp³-hybridized carbons (Fsp3) is 0. The van der Waals surface area contributed by atoms with Crippen molar-refractivity contribution < 1.29 is 0 Å². The summed E-state index contributed by atoms with van der Waals surface area (Å²) in [7, 11) is 0. The summed E-state index contributed by atoms with van der Waals surface area (Å²) in [6, 6.07) is 5.55. The number of H-pyrrole nitrogens is 1. The van der Waals surface area contributed by atoms with Crippen molar-refractivity contribution in [3.63, 3.8) is 0 Å². The molecule has 4 nitrogen and oxygen atoms in total. The molecule has 11 heavy (non-hydrogen) atoms. The number of hydrogen-bond acceptors (Lipinski definition) is 3. The fourth-order valence-corrected chi connectivity index (χ4v) is 1.05. The summed E-state index contributed by atoms with van der Waals surface area (Å²) in [5, 5.41) is 11.0. The van der Waals surface area contributed by atoms with Gasteiger partial charge in [-0.15, -0.1) is 0 Å². The van der Waals surface area contributed by atoms with Gasteiger partial charge in [-0.3, -0.25) is 5.10 Å². The van der Waals surface area contributed by atoms with Crippen LogP contribution in [-0.2, 0) is 0 Å². The van der Waals surface area contributed by atoms with E-state index in [2.05, 4.69) is 15.3 Å². The normalized spacial score (nSPS) is 10.2. The second-order valence-corrected chi connectivity index (χ2v) is 2.22. The number of fused-ring (bicyclic) bond motifs is 1. The molecule has 0 saturated heterocycles. The second kappa shape index (κ2) is 2.16. The van der Waals surface area contributed by atoms with Gasteiger partial charge in [0.2, 0.25) is 0 Å². The molecule has 0 unspecified atom stereocenters. The lowest BCUT2D eigenvalue weighted by Gasteiger charge is -1.90. The second-order valence-electron chi connectivity index (χ2n) is 2.22. The van der Waals surface area contributed by atoms with E-state index in [1.165, 1.54) is 0 Å². The Hall–Kier alpha value is -1.71. The lowest BCUT2D eigenvalue weighted by atomic mass is 10.2. The maximum absolute atomic E-state index is 6.84. The highest BCUT2D eigenvalue weighted by molar-refractivity contribution is 5.88. The zero-order valence-corrected chi connectivity index (χ0v) is 5.70. The molecule has 0 aliphatic heterocycles.